The third-order valence-electron chi connectivity index (χ3n) is 5.95. The molecule has 2 fully saturated rings. The number of carboxylic acids is 1. The number of carbonyl (C=O) groups excluding carboxylic acids is 1. The van der Waals surface area contributed by atoms with Crippen LogP contribution in [-0.2, 0) is 16.0 Å². The zero-order chi connectivity index (χ0) is 17.0. The summed E-state index contributed by atoms with van der Waals surface area (Å²) in [5.41, 5.74) is 1.83. The molecule has 1 aromatic carbocycles. The van der Waals surface area contributed by atoms with Gasteiger partial charge in [0.05, 0.1) is 11.8 Å². The Kier molecular flexibility index (Phi) is 3.79. The van der Waals surface area contributed by atoms with Gasteiger partial charge in [-0.2, -0.15) is 0 Å². The maximum atomic E-state index is 13.0. The van der Waals surface area contributed by atoms with Crippen molar-refractivity contribution in [2.24, 2.45) is 35.5 Å². The molecule has 5 rings (SSSR count). The summed E-state index contributed by atoms with van der Waals surface area (Å²) < 4.78 is 0.973. The molecule has 126 valence electrons. The van der Waals surface area contributed by atoms with Gasteiger partial charge in [-0.3, -0.25) is 9.59 Å². The van der Waals surface area contributed by atoms with Crippen molar-refractivity contribution < 1.29 is 14.7 Å². The zero-order valence-corrected chi connectivity index (χ0v) is 15.0. The SMILES string of the molecule is CCc1cc(Br)ccc1NC(=O)[C@H]1[C@@H]2C=C[C@@H]([C@@H]3C[C@H]23)[C@@H]1C(=O)O. The Bertz CT molecular complexity index is 744. The number of aryl methyl sites for hydroxylation is 1. The first-order chi connectivity index (χ1) is 11.5. The average molecular weight is 390 g/mol. The Morgan fingerprint density at radius 3 is 2.50 bits per heavy atom. The van der Waals surface area contributed by atoms with E-state index in [9.17, 15) is 14.7 Å². The Morgan fingerprint density at radius 2 is 1.88 bits per heavy atom. The number of amides is 1. The standard InChI is InChI=1S/C19H20BrNO3/c1-2-9-7-10(20)3-6-15(9)21-18(22)16-11-4-5-12(14-8-13(11)14)17(16)19(23)24/h3-7,11-14,16-17H,2,8H2,1H3,(H,21,22)(H,23,24)/t11-,12+,13-,14+,16+,17+/m1/s1. The van der Waals surface area contributed by atoms with E-state index in [0.717, 1.165) is 28.6 Å². The van der Waals surface area contributed by atoms with Crippen molar-refractivity contribution in [2.45, 2.75) is 19.8 Å². The molecule has 0 spiro atoms. The lowest BCUT2D eigenvalue weighted by Crippen LogP contribution is -2.48. The normalized spacial score (nSPS) is 35.4. The molecule has 4 aliphatic carbocycles. The number of halogens is 1. The number of carboxylic acid groups (broad SMARTS) is 1. The molecule has 5 heteroatoms. The highest BCUT2D eigenvalue weighted by Crippen LogP contribution is 2.63. The maximum Gasteiger partial charge on any atom is 0.307 e. The van der Waals surface area contributed by atoms with Gasteiger partial charge in [-0.25, -0.2) is 0 Å². The summed E-state index contributed by atoms with van der Waals surface area (Å²) >= 11 is 3.45. The molecule has 1 aromatic rings. The van der Waals surface area contributed by atoms with Gasteiger partial charge in [-0.05, 0) is 60.3 Å². The first-order valence-corrected chi connectivity index (χ1v) is 9.31. The van der Waals surface area contributed by atoms with Crippen molar-refractivity contribution in [2.75, 3.05) is 5.32 Å². The average Bonchev–Trinajstić information content (AvgIpc) is 3.37. The van der Waals surface area contributed by atoms with Crippen molar-refractivity contribution in [3.05, 3.63) is 40.4 Å². The van der Waals surface area contributed by atoms with Crippen LogP contribution in [0.3, 0.4) is 0 Å². The number of fused-ring (bicyclic) bond motifs is 1. The van der Waals surface area contributed by atoms with Crippen LogP contribution in [0.4, 0.5) is 5.69 Å². The smallest absolute Gasteiger partial charge is 0.307 e. The summed E-state index contributed by atoms with van der Waals surface area (Å²) in [6, 6.07) is 5.77. The van der Waals surface area contributed by atoms with E-state index in [1.165, 1.54) is 0 Å². The molecule has 24 heavy (non-hydrogen) atoms. The molecule has 6 atom stereocenters. The minimum atomic E-state index is -0.841. The van der Waals surface area contributed by atoms with Gasteiger partial charge in [0.1, 0.15) is 0 Å². The monoisotopic (exact) mass is 389 g/mol. The van der Waals surface area contributed by atoms with Crippen LogP contribution in [0, 0.1) is 35.5 Å². The van der Waals surface area contributed by atoms with Crippen LogP contribution in [0.2, 0.25) is 0 Å². The maximum absolute atomic E-state index is 13.0. The number of aliphatic carboxylic acids is 1. The van der Waals surface area contributed by atoms with Crippen LogP contribution in [0.15, 0.2) is 34.8 Å². The molecule has 0 aliphatic heterocycles. The summed E-state index contributed by atoms with van der Waals surface area (Å²) in [4.78, 5) is 24.8. The number of hydrogen-bond acceptors (Lipinski definition) is 2. The molecule has 4 aliphatic rings. The lowest BCUT2D eigenvalue weighted by molar-refractivity contribution is -0.152. The highest BCUT2D eigenvalue weighted by atomic mass is 79.9. The van der Waals surface area contributed by atoms with Crippen LogP contribution >= 0.6 is 15.9 Å². The van der Waals surface area contributed by atoms with Gasteiger partial charge in [-0.1, -0.05) is 35.0 Å². The third kappa shape index (κ3) is 2.41. The molecule has 2 N–H and O–H groups in total. The molecule has 2 saturated carbocycles. The fourth-order valence-corrected chi connectivity index (χ4v) is 5.17. The number of rotatable bonds is 4. The Labute approximate surface area is 149 Å². The summed E-state index contributed by atoms with van der Waals surface area (Å²) in [7, 11) is 0. The van der Waals surface area contributed by atoms with E-state index in [-0.39, 0.29) is 17.7 Å². The second-order valence-corrected chi connectivity index (χ2v) is 8.05. The van der Waals surface area contributed by atoms with Gasteiger partial charge in [0.2, 0.25) is 5.91 Å². The highest BCUT2D eigenvalue weighted by Gasteiger charge is 2.62. The minimum Gasteiger partial charge on any atom is -0.481 e. The molecule has 0 radical (unpaired) electrons. The fraction of sp³-hybridized carbons (Fsp3) is 0.474. The number of nitrogens with one attached hydrogen (secondary N) is 1. The van der Waals surface area contributed by atoms with Crippen LogP contribution in [0.25, 0.3) is 0 Å². The summed E-state index contributed by atoms with van der Waals surface area (Å²) in [6.07, 6.45) is 6.00. The fourth-order valence-electron chi connectivity index (χ4n) is 4.76. The van der Waals surface area contributed by atoms with Crippen LogP contribution in [0.1, 0.15) is 18.9 Å². The van der Waals surface area contributed by atoms with E-state index in [0.29, 0.717) is 11.8 Å². The van der Waals surface area contributed by atoms with E-state index >= 15 is 0 Å². The van der Waals surface area contributed by atoms with Gasteiger partial charge in [0.15, 0.2) is 0 Å². The Hall–Kier alpha value is -1.62. The molecular weight excluding hydrogens is 370 g/mol. The van der Waals surface area contributed by atoms with E-state index < -0.39 is 17.8 Å². The van der Waals surface area contributed by atoms with Gasteiger partial charge >= 0.3 is 5.97 Å². The lowest BCUT2D eigenvalue weighted by Gasteiger charge is -2.41. The van der Waals surface area contributed by atoms with E-state index in [4.69, 9.17) is 0 Å². The van der Waals surface area contributed by atoms with Crippen molar-refractivity contribution in [3.8, 4) is 0 Å². The van der Waals surface area contributed by atoms with Crippen LogP contribution < -0.4 is 5.32 Å². The summed E-state index contributed by atoms with van der Waals surface area (Å²) in [5.74, 6) is -0.981. The van der Waals surface area contributed by atoms with Gasteiger partial charge in [0.25, 0.3) is 0 Å². The Morgan fingerprint density at radius 1 is 1.21 bits per heavy atom. The van der Waals surface area contributed by atoms with Crippen molar-refractivity contribution in [1.29, 1.82) is 0 Å². The van der Waals surface area contributed by atoms with E-state index in [1.807, 2.05) is 31.2 Å². The number of allylic oxidation sites excluding steroid dienone is 2. The molecule has 2 bridgehead atoms. The number of carbonyl (C=O) groups is 2. The van der Waals surface area contributed by atoms with E-state index in [2.05, 4.69) is 27.3 Å². The summed E-state index contributed by atoms with van der Waals surface area (Å²) in [6.45, 7) is 2.04. The van der Waals surface area contributed by atoms with Crippen molar-refractivity contribution >= 4 is 33.5 Å². The summed E-state index contributed by atoms with van der Waals surface area (Å²) in [5, 5.41) is 12.7. The predicted molar refractivity (Wildman–Crippen MR) is 94.5 cm³/mol. The second-order valence-electron chi connectivity index (χ2n) is 7.14. The number of hydrogen-bond donors (Lipinski definition) is 2. The van der Waals surface area contributed by atoms with Gasteiger partial charge in [0, 0.05) is 10.2 Å². The quantitative estimate of drug-likeness (QED) is 0.771. The van der Waals surface area contributed by atoms with Crippen molar-refractivity contribution in [1.82, 2.24) is 0 Å². The highest BCUT2D eigenvalue weighted by molar-refractivity contribution is 9.10. The van der Waals surface area contributed by atoms with Crippen LogP contribution in [-0.4, -0.2) is 17.0 Å². The number of benzene rings is 1. The molecular formula is C19H20BrNO3. The lowest BCUT2D eigenvalue weighted by atomic mass is 9.62. The molecule has 0 saturated heterocycles. The van der Waals surface area contributed by atoms with Crippen LogP contribution in [0.5, 0.6) is 0 Å². The first kappa shape index (κ1) is 15.9. The Balaban J connectivity index is 1.62. The first-order valence-electron chi connectivity index (χ1n) is 8.51. The molecule has 1 amide bonds. The molecule has 0 unspecified atom stereocenters. The van der Waals surface area contributed by atoms with Gasteiger partial charge in [-0.15, -0.1) is 0 Å². The minimum absolute atomic E-state index is 0.0174. The zero-order valence-electron chi connectivity index (χ0n) is 13.4. The number of anilines is 1. The second kappa shape index (κ2) is 5.73. The predicted octanol–water partition coefficient (Wildman–Crippen LogP) is 3.72. The largest absolute Gasteiger partial charge is 0.481 e. The molecule has 4 nitrogen and oxygen atoms in total. The topological polar surface area (TPSA) is 66.4 Å². The van der Waals surface area contributed by atoms with Crippen molar-refractivity contribution in [3.63, 3.8) is 0 Å². The molecule has 0 aromatic heterocycles. The molecule has 0 heterocycles. The van der Waals surface area contributed by atoms with Gasteiger partial charge < -0.3 is 10.4 Å². The third-order valence-corrected chi connectivity index (χ3v) is 6.44. The van der Waals surface area contributed by atoms with E-state index in [1.54, 1.807) is 0 Å².